The molecule has 1 saturated heterocycles. The van der Waals surface area contributed by atoms with E-state index < -0.39 is 35.4 Å². The number of nitrogens with one attached hydrogen (secondary N) is 2. The molecule has 1 aliphatic rings. The van der Waals surface area contributed by atoms with E-state index in [9.17, 15) is 22.8 Å². The van der Waals surface area contributed by atoms with Crippen LogP contribution in [0.1, 0.15) is 40.0 Å². The van der Waals surface area contributed by atoms with Crippen molar-refractivity contribution in [3.63, 3.8) is 0 Å². The Balaban J connectivity index is 1.90. The van der Waals surface area contributed by atoms with Gasteiger partial charge in [0.15, 0.2) is 5.71 Å². The Morgan fingerprint density at radius 3 is 2.47 bits per heavy atom. The maximum absolute atomic E-state index is 13.7. The molecule has 0 saturated carbocycles. The second-order valence-corrected chi connectivity index (χ2v) is 8.58. The minimum Gasteiger partial charge on any atom is -0.465 e. The molecule has 3 rings (SSSR count). The molecule has 1 aliphatic heterocycles. The molecule has 11 heteroatoms. The Morgan fingerprint density at radius 2 is 1.86 bits per heavy atom. The van der Waals surface area contributed by atoms with Crippen molar-refractivity contribution in [2.24, 2.45) is 0 Å². The van der Waals surface area contributed by atoms with Crippen molar-refractivity contribution in [3.05, 3.63) is 82.2 Å². The van der Waals surface area contributed by atoms with Gasteiger partial charge in [0, 0.05) is 12.4 Å². The SMILES string of the molecule is COC(=O)c1ccc(C(C)NC(=O)C(C(=N)C(F)(F)F)=C2[NH2+]CCN2Cc2cccc(CCl)c2)cc1. The minimum atomic E-state index is -5.01. The number of rotatable bonds is 8. The molecule has 0 aliphatic carbocycles. The number of carbonyl (C=O) groups excluding carboxylic acids is 2. The number of alkyl halides is 4. The molecule has 0 radical (unpaired) electrons. The third-order valence-corrected chi connectivity index (χ3v) is 6.10. The van der Waals surface area contributed by atoms with Gasteiger partial charge in [0.25, 0.3) is 5.91 Å². The summed E-state index contributed by atoms with van der Waals surface area (Å²) in [5.41, 5.74) is 0.140. The minimum absolute atomic E-state index is 0.0688. The molecule has 1 fully saturated rings. The van der Waals surface area contributed by atoms with Crippen molar-refractivity contribution < 1.29 is 32.8 Å². The summed E-state index contributed by atoms with van der Waals surface area (Å²) in [4.78, 5) is 26.5. The van der Waals surface area contributed by atoms with Gasteiger partial charge in [-0.05, 0) is 35.7 Å². The predicted octanol–water partition coefficient (Wildman–Crippen LogP) is 3.26. The third-order valence-electron chi connectivity index (χ3n) is 5.79. The van der Waals surface area contributed by atoms with E-state index in [1.165, 1.54) is 19.2 Å². The molecule has 2 aromatic rings. The highest BCUT2D eigenvalue weighted by atomic mass is 35.5. The molecule has 1 unspecified atom stereocenters. The highest BCUT2D eigenvalue weighted by Gasteiger charge is 2.44. The lowest BCUT2D eigenvalue weighted by Crippen LogP contribution is -2.80. The molecule has 36 heavy (non-hydrogen) atoms. The fourth-order valence-corrected chi connectivity index (χ4v) is 4.11. The van der Waals surface area contributed by atoms with Crippen LogP contribution in [0.5, 0.6) is 0 Å². The van der Waals surface area contributed by atoms with Gasteiger partial charge in [-0.1, -0.05) is 36.4 Å². The van der Waals surface area contributed by atoms with Gasteiger partial charge in [-0.2, -0.15) is 13.2 Å². The number of hydrogen-bond donors (Lipinski definition) is 3. The van der Waals surface area contributed by atoms with Gasteiger partial charge in [0.05, 0.1) is 31.8 Å². The normalized spacial score (nSPS) is 15.9. The first-order chi connectivity index (χ1) is 17.0. The number of nitrogens with two attached hydrogens (primary N) is 1. The van der Waals surface area contributed by atoms with Crippen LogP contribution in [0.25, 0.3) is 0 Å². The number of methoxy groups -OCH3 is 1. The van der Waals surface area contributed by atoms with Gasteiger partial charge in [-0.3, -0.25) is 15.5 Å². The molecule has 0 aromatic heterocycles. The molecule has 1 atom stereocenters. The Kier molecular flexibility index (Phi) is 8.75. The van der Waals surface area contributed by atoms with E-state index in [0.717, 1.165) is 11.1 Å². The Labute approximate surface area is 211 Å². The maximum Gasteiger partial charge on any atom is 0.433 e. The summed E-state index contributed by atoms with van der Waals surface area (Å²) in [6.07, 6.45) is -5.01. The number of quaternary nitrogens is 1. The number of esters is 1. The first-order valence-corrected chi connectivity index (χ1v) is 11.7. The average molecular weight is 524 g/mol. The zero-order valence-corrected chi connectivity index (χ0v) is 20.5. The van der Waals surface area contributed by atoms with Gasteiger partial charge >= 0.3 is 12.1 Å². The number of benzene rings is 2. The van der Waals surface area contributed by atoms with Crippen molar-refractivity contribution in [2.75, 3.05) is 20.2 Å². The van der Waals surface area contributed by atoms with Crippen molar-refractivity contribution >= 4 is 29.2 Å². The number of hydrogen-bond acceptors (Lipinski definition) is 5. The second kappa shape index (κ2) is 11.6. The van der Waals surface area contributed by atoms with E-state index in [1.54, 1.807) is 29.3 Å². The van der Waals surface area contributed by atoms with Crippen LogP contribution >= 0.6 is 11.6 Å². The topological polar surface area (TPSA) is 99.1 Å². The number of halogens is 4. The number of ether oxygens (including phenoxy) is 1. The average Bonchev–Trinajstić information content (AvgIpc) is 3.30. The summed E-state index contributed by atoms with van der Waals surface area (Å²) in [6, 6.07) is 12.8. The molecular weight excluding hydrogens is 497 g/mol. The fraction of sp³-hybridized carbons (Fsp3) is 0.320. The van der Waals surface area contributed by atoms with E-state index in [2.05, 4.69) is 10.1 Å². The van der Waals surface area contributed by atoms with Gasteiger partial charge in [0.2, 0.25) is 5.82 Å². The first-order valence-electron chi connectivity index (χ1n) is 11.2. The van der Waals surface area contributed by atoms with E-state index in [0.29, 0.717) is 30.1 Å². The molecule has 192 valence electrons. The lowest BCUT2D eigenvalue weighted by molar-refractivity contribution is -0.595. The van der Waals surface area contributed by atoms with E-state index in [1.807, 2.05) is 24.3 Å². The molecule has 7 nitrogen and oxygen atoms in total. The predicted molar refractivity (Wildman–Crippen MR) is 128 cm³/mol. The summed E-state index contributed by atoms with van der Waals surface area (Å²) in [7, 11) is 1.25. The van der Waals surface area contributed by atoms with Crippen LogP contribution in [0, 0.1) is 5.41 Å². The highest BCUT2D eigenvalue weighted by molar-refractivity contribution is 6.22. The van der Waals surface area contributed by atoms with Crippen LogP contribution in [-0.2, 0) is 22.0 Å². The fourth-order valence-electron chi connectivity index (χ4n) is 3.94. The summed E-state index contributed by atoms with van der Waals surface area (Å²) >= 11 is 5.90. The summed E-state index contributed by atoms with van der Waals surface area (Å²) < 4.78 is 45.6. The van der Waals surface area contributed by atoms with Crippen LogP contribution in [0.3, 0.4) is 0 Å². The molecule has 0 spiro atoms. The number of nitrogens with zero attached hydrogens (tertiary/aromatic N) is 1. The van der Waals surface area contributed by atoms with Crippen LogP contribution in [0.2, 0.25) is 0 Å². The summed E-state index contributed by atoms with van der Waals surface area (Å²) in [6.45, 7) is 2.73. The second-order valence-electron chi connectivity index (χ2n) is 8.31. The van der Waals surface area contributed by atoms with Gasteiger partial charge in [0.1, 0.15) is 5.57 Å². The van der Waals surface area contributed by atoms with Crippen molar-refractivity contribution in [1.29, 1.82) is 5.41 Å². The van der Waals surface area contributed by atoms with Gasteiger partial charge in [-0.15, -0.1) is 11.6 Å². The molecule has 1 heterocycles. The quantitative estimate of drug-likeness (QED) is 0.214. The van der Waals surface area contributed by atoms with Crippen LogP contribution < -0.4 is 10.6 Å². The van der Waals surface area contributed by atoms with E-state index in [-0.39, 0.29) is 12.4 Å². The lowest BCUT2D eigenvalue weighted by Gasteiger charge is -2.22. The Morgan fingerprint density at radius 1 is 1.19 bits per heavy atom. The lowest BCUT2D eigenvalue weighted by atomic mass is 10.0. The van der Waals surface area contributed by atoms with E-state index in [4.69, 9.17) is 17.0 Å². The molecular formula is C25H27ClF3N4O3+. The first kappa shape index (κ1) is 27.2. The zero-order chi connectivity index (χ0) is 26.5. The molecule has 1 amide bonds. The standard InChI is InChI=1S/C25H26ClF3N4O3/c1-15(18-6-8-19(9-7-18)24(35)36-2)32-23(34)20(21(30)25(27,28)29)22-31-10-11-33(22)14-17-5-3-4-16(12-17)13-26/h3-9,12,15,30-31H,10-11,13-14H2,1-2H3,(H,32,34)/p+1. The summed E-state index contributed by atoms with van der Waals surface area (Å²) in [5.74, 6) is -1.17. The Hall–Kier alpha value is -3.37. The third kappa shape index (κ3) is 6.44. The maximum atomic E-state index is 13.7. The summed E-state index contributed by atoms with van der Waals surface area (Å²) in [5, 5.41) is 11.9. The molecule has 4 N–H and O–H groups in total. The Bertz CT molecular complexity index is 1170. The largest absolute Gasteiger partial charge is 0.465 e. The smallest absolute Gasteiger partial charge is 0.433 e. The van der Waals surface area contributed by atoms with Gasteiger partial charge in [-0.25, -0.2) is 4.79 Å². The number of amides is 1. The van der Waals surface area contributed by atoms with Crippen molar-refractivity contribution in [2.45, 2.75) is 31.6 Å². The molecule has 2 aromatic carbocycles. The van der Waals surface area contributed by atoms with Crippen LogP contribution in [0.15, 0.2) is 59.9 Å². The van der Waals surface area contributed by atoms with Crippen LogP contribution in [-0.4, -0.2) is 48.9 Å². The van der Waals surface area contributed by atoms with Crippen molar-refractivity contribution in [1.82, 2.24) is 10.2 Å². The van der Waals surface area contributed by atoms with Crippen LogP contribution in [0.4, 0.5) is 13.2 Å². The van der Waals surface area contributed by atoms with Crippen molar-refractivity contribution in [3.8, 4) is 0 Å². The monoisotopic (exact) mass is 523 g/mol. The zero-order valence-electron chi connectivity index (χ0n) is 19.8. The number of carbonyl (C=O) groups is 2. The van der Waals surface area contributed by atoms with E-state index >= 15 is 0 Å². The highest BCUT2D eigenvalue weighted by Crippen LogP contribution is 2.25. The van der Waals surface area contributed by atoms with Gasteiger partial charge < -0.3 is 15.0 Å². The molecule has 0 bridgehead atoms.